The van der Waals surface area contributed by atoms with E-state index in [9.17, 15) is 79.4 Å². The zero-order chi connectivity index (χ0) is 34.4. The van der Waals surface area contributed by atoms with Gasteiger partial charge in [0.05, 0.1) is 5.69 Å². The molecule has 21 heteroatoms. The van der Waals surface area contributed by atoms with Crippen LogP contribution in [0.2, 0.25) is 0 Å². The minimum Gasteiger partial charge on any atom is -0.427 e. The molecule has 0 bridgehead atoms. The van der Waals surface area contributed by atoms with Crippen LogP contribution in [0.4, 0.5) is 80.3 Å². The minimum atomic E-state index is -8.67. The van der Waals surface area contributed by atoms with E-state index in [1.54, 1.807) is 6.92 Å². The number of carbonyl (C=O) groups excluding carboxylic acids is 1. The summed E-state index contributed by atoms with van der Waals surface area (Å²) in [5.74, 6) is -56.3. The lowest BCUT2D eigenvalue weighted by atomic mass is 9.91. The molecule has 1 amide bonds. The summed E-state index contributed by atoms with van der Waals surface area (Å²) in [6.45, 7) is 1.55. The maximum Gasteiger partial charge on any atom is 0.460 e. The molecule has 0 N–H and O–H groups in total. The van der Waals surface area contributed by atoms with Gasteiger partial charge < -0.3 is 14.5 Å². The van der Waals surface area contributed by atoms with Crippen molar-refractivity contribution in [2.45, 2.75) is 55.1 Å². The Morgan fingerprint density at radius 3 is 1.58 bits per heavy atom. The van der Waals surface area contributed by atoms with Gasteiger partial charge in [0.2, 0.25) is 5.83 Å². The molecule has 0 spiro atoms. The maximum atomic E-state index is 14.3. The Labute approximate surface area is 230 Å². The van der Waals surface area contributed by atoms with Gasteiger partial charge in [-0.1, -0.05) is 6.92 Å². The van der Waals surface area contributed by atoms with Crippen LogP contribution >= 0.6 is 0 Å². The Kier molecular flexibility index (Phi) is 10.3. The molecule has 0 saturated heterocycles. The third kappa shape index (κ3) is 6.12. The smallest absolute Gasteiger partial charge is 0.427 e. The van der Waals surface area contributed by atoms with Crippen LogP contribution < -0.4 is 9.64 Å². The maximum absolute atomic E-state index is 14.3. The van der Waals surface area contributed by atoms with Crippen molar-refractivity contribution in [3.05, 3.63) is 35.6 Å². The zero-order valence-electron chi connectivity index (χ0n) is 21.8. The van der Waals surface area contributed by atoms with Gasteiger partial charge >= 0.3 is 47.7 Å². The molecular formula is C22H19F17N2O2. The monoisotopic (exact) mass is 666 g/mol. The van der Waals surface area contributed by atoms with Crippen molar-refractivity contribution in [2.75, 3.05) is 32.6 Å². The summed E-state index contributed by atoms with van der Waals surface area (Å²) < 4.78 is 233. The second-order valence-corrected chi connectivity index (χ2v) is 8.94. The second-order valence-electron chi connectivity index (χ2n) is 8.94. The molecule has 0 aromatic heterocycles. The van der Waals surface area contributed by atoms with Gasteiger partial charge in [-0.05, 0) is 24.6 Å². The summed E-state index contributed by atoms with van der Waals surface area (Å²) in [7, 11) is 3.72. The average molecular weight is 666 g/mol. The number of alkyl halides is 15. The number of ether oxygens (including phenoxy) is 1. The van der Waals surface area contributed by atoms with E-state index in [2.05, 4.69) is 4.74 Å². The Morgan fingerprint density at radius 2 is 1.16 bits per heavy atom. The van der Waals surface area contributed by atoms with Gasteiger partial charge in [-0.25, -0.2) is 0 Å². The van der Waals surface area contributed by atoms with Crippen LogP contribution in [0.1, 0.15) is 23.7 Å². The van der Waals surface area contributed by atoms with Crippen LogP contribution in [0, 0.1) is 0 Å². The fourth-order valence-corrected chi connectivity index (χ4v) is 3.12. The molecule has 0 aliphatic rings. The van der Waals surface area contributed by atoms with Crippen LogP contribution in [0.25, 0.3) is 0 Å². The molecule has 1 aromatic rings. The number of nitrogens with zero attached hydrogens (tertiary/aromatic N) is 2. The molecule has 0 radical (unpaired) electrons. The summed E-state index contributed by atoms with van der Waals surface area (Å²) >= 11 is 0. The number of amides is 1. The number of allylic oxidation sites excluding steroid dienone is 1. The van der Waals surface area contributed by atoms with Gasteiger partial charge in [0.1, 0.15) is 0 Å². The normalized spacial score (nSPS) is 14.8. The van der Waals surface area contributed by atoms with E-state index in [0.717, 1.165) is 21.9 Å². The van der Waals surface area contributed by atoms with Crippen molar-refractivity contribution in [3.63, 3.8) is 0 Å². The van der Waals surface area contributed by atoms with Crippen molar-refractivity contribution in [1.29, 1.82) is 0 Å². The lowest BCUT2D eigenvalue weighted by Gasteiger charge is -2.41. The van der Waals surface area contributed by atoms with Crippen molar-refractivity contribution in [1.82, 2.24) is 4.90 Å². The van der Waals surface area contributed by atoms with Gasteiger partial charge in [0.25, 0.3) is 5.91 Å². The standard InChI is InChI=1S/C22H19F17N2O2/c1-5-8-41(4)11-9-10(15(42)40(2)3)6-7-12(11)43-14(24)13(23)16(25,26)17(27,28)18(29,30)19(31,32)20(33,34)21(35,36)22(37,38)39/h6-7,9H,5,8H2,1-4H3. The van der Waals surface area contributed by atoms with Crippen LogP contribution in [-0.4, -0.2) is 80.2 Å². The Morgan fingerprint density at radius 1 is 0.721 bits per heavy atom. The van der Waals surface area contributed by atoms with Gasteiger partial charge in [-0.2, -0.15) is 74.6 Å². The van der Waals surface area contributed by atoms with E-state index in [4.69, 9.17) is 0 Å². The molecule has 4 nitrogen and oxygen atoms in total. The van der Waals surface area contributed by atoms with E-state index in [1.165, 1.54) is 21.1 Å². The van der Waals surface area contributed by atoms with Gasteiger partial charge in [0.15, 0.2) is 5.75 Å². The summed E-state index contributed by atoms with van der Waals surface area (Å²) in [5, 5.41) is 0. The predicted octanol–water partition coefficient (Wildman–Crippen LogP) is 8.10. The SMILES string of the molecule is CCCN(C)c1cc(C(=O)N(C)C)ccc1OC(F)=C(F)C(F)(F)C(F)(F)C(F)(F)C(F)(F)C(F)(F)C(F)(F)C(F)(F)F. The fourth-order valence-electron chi connectivity index (χ4n) is 3.12. The van der Waals surface area contributed by atoms with Crippen molar-refractivity contribution < 1.29 is 84.2 Å². The molecule has 0 unspecified atom stereocenters. The van der Waals surface area contributed by atoms with Gasteiger partial charge in [0, 0.05) is 33.3 Å². The lowest BCUT2D eigenvalue weighted by Crippen LogP contribution is -2.72. The number of benzene rings is 1. The Balaban J connectivity index is 3.72. The van der Waals surface area contributed by atoms with E-state index < -0.39 is 70.9 Å². The quantitative estimate of drug-likeness (QED) is 0.167. The van der Waals surface area contributed by atoms with Crippen LogP contribution in [-0.2, 0) is 0 Å². The number of anilines is 1. The highest BCUT2D eigenvalue weighted by Gasteiger charge is 2.93. The van der Waals surface area contributed by atoms with Crippen LogP contribution in [0.3, 0.4) is 0 Å². The van der Waals surface area contributed by atoms with Crippen molar-refractivity contribution in [3.8, 4) is 5.75 Å². The van der Waals surface area contributed by atoms with Crippen molar-refractivity contribution >= 4 is 11.6 Å². The zero-order valence-corrected chi connectivity index (χ0v) is 21.8. The summed E-state index contributed by atoms with van der Waals surface area (Å²) in [6.07, 6.45) is -7.53. The first-order valence-corrected chi connectivity index (χ1v) is 11.1. The molecule has 0 heterocycles. The molecule has 1 rings (SSSR count). The predicted molar refractivity (Wildman–Crippen MR) is 114 cm³/mol. The lowest BCUT2D eigenvalue weighted by molar-refractivity contribution is -0.451. The van der Waals surface area contributed by atoms with Crippen LogP contribution in [0.5, 0.6) is 5.75 Å². The highest BCUT2D eigenvalue weighted by atomic mass is 19.4. The van der Waals surface area contributed by atoms with E-state index in [-0.39, 0.29) is 18.5 Å². The largest absolute Gasteiger partial charge is 0.460 e. The minimum absolute atomic E-state index is 0.00388. The Hall–Kier alpha value is -3.16. The molecule has 0 aliphatic heterocycles. The molecular weight excluding hydrogens is 647 g/mol. The number of rotatable bonds is 12. The molecule has 0 saturated carbocycles. The highest BCUT2D eigenvalue weighted by Crippen LogP contribution is 2.63. The molecule has 0 atom stereocenters. The van der Waals surface area contributed by atoms with Gasteiger partial charge in [-0.3, -0.25) is 4.79 Å². The van der Waals surface area contributed by atoms with E-state index >= 15 is 0 Å². The Bertz CT molecular complexity index is 1210. The molecule has 0 aliphatic carbocycles. The molecule has 248 valence electrons. The van der Waals surface area contributed by atoms with E-state index in [0.29, 0.717) is 6.07 Å². The molecule has 43 heavy (non-hydrogen) atoms. The first-order valence-electron chi connectivity index (χ1n) is 11.1. The third-order valence-electron chi connectivity index (χ3n) is 5.56. The summed E-state index contributed by atoms with van der Waals surface area (Å²) in [5.41, 5.74) is -0.672. The second kappa shape index (κ2) is 11.7. The fraction of sp³-hybridized carbons (Fsp3) is 0.591. The first-order chi connectivity index (χ1) is 19.0. The number of carbonyl (C=O) groups is 1. The van der Waals surface area contributed by atoms with Crippen molar-refractivity contribution in [2.24, 2.45) is 0 Å². The first kappa shape index (κ1) is 37.9. The molecule has 0 fully saturated rings. The van der Waals surface area contributed by atoms with Gasteiger partial charge in [-0.15, -0.1) is 0 Å². The average Bonchev–Trinajstić information content (AvgIpc) is 2.86. The number of halogens is 17. The number of hydrogen-bond acceptors (Lipinski definition) is 3. The number of hydrogen-bond donors (Lipinski definition) is 0. The highest BCUT2D eigenvalue weighted by molar-refractivity contribution is 5.95. The van der Waals surface area contributed by atoms with E-state index in [1.807, 2.05) is 0 Å². The summed E-state index contributed by atoms with van der Waals surface area (Å²) in [4.78, 5) is 14.3. The van der Waals surface area contributed by atoms with Crippen LogP contribution in [0.15, 0.2) is 30.0 Å². The summed E-state index contributed by atoms with van der Waals surface area (Å²) in [6, 6.07) is -1.35. The molecule has 1 aromatic carbocycles. The topological polar surface area (TPSA) is 32.8 Å². The third-order valence-corrected chi connectivity index (χ3v) is 5.56.